The number of nitrogens with one attached hydrogen (secondary N) is 2. The summed E-state index contributed by atoms with van der Waals surface area (Å²) < 4.78 is 0.956. The van der Waals surface area contributed by atoms with Crippen LogP contribution in [0.1, 0.15) is 12.8 Å². The number of benzene rings is 1. The molecule has 0 bridgehead atoms. The van der Waals surface area contributed by atoms with Gasteiger partial charge >= 0.3 is 0 Å². The maximum atomic E-state index is 11.0. The summed E-state index contributed by atoms with van der Waals surface area (Å²) in [6.45, 7) is 0.715. The minimum Gasteiger partial charge on any atom is -0.382 e. The van der Waals surface area contributed by atoms with Crippen molar-refractivity contribution in [2.24, 2.45) is 0 Å². The Bertz CT molecular complexity index is 411. The van der Waals surface area contributed by atoms with Crippen molar-refractivity contribution < 1.29 is 4.79 Å². The van der Waals surface area contributed by atoms with E-state index in [9.17, 15) is 4.79 Å². The van der Waals surface area contributed by atoms with Gasteiger partial charge in [0.1, 0.15) is 0 Å². The second kappa shape index (κ2) is 5.06. The maximum Gasteiger partial charge on any atom is 0.220 e. The summed E-state index contributed by atoms with van der Waals surface area (Å²) >= 11 is 9.42. The monoisotopic (exact) mass is 302 g/mol. The van der Waals surface area contributed by atoms with Gasteiger partial charge in [-0.1, -0.05) is 27.5 Å². The second-order valence-electron chi connectivity index (χ2n) is 3.81. The molecule has 5 heteroatoms. The molecule has 1 amide bonds. The molecule has 2 N–H and O–H groups in total. The lowest BCUT2D eigenvalue weighted by molar-refractivity contribution is -0.119. The van der Waals surface area contributed by atoms with Crippen LogP contribution < -0.4 is 10.6 Å². The lowest BCUT2D eigenvalue weighted by Crippen LogP contribution is -2.31. The van der Waals surface area contributed by atoms with Crippen LogP contribution in [0.15, 0.2) is 22.7 Å². The Morgan fingerprint density at radius 3 is 3.00 bits per heavy atom. The Hall–Kier alpha value is -0.740. The first-order chi connectivity index (χ1) is 7.65. The van der Waals surface area contributed by atoms with Crippen LogP contribution in [0.4, 0.5) is 5.69 Å². The van der Waals surface area contributed by atoms with E-state index in [4.69, 9.17) is 11.6 Å². The van der Waals surface area contributed by atoms with Crippen molar-refractivity contribution in [2.75, 3.05) is 11.9 Å². The third kappa shape index (κ3) is 2.89. The summed E-state index contributed by atoms with van der Waals surface area (Å²) in [5, 5.41) is 6.82. The molecule has 2 rings (SSSR count). The Morgan fingerprint density at radius 2 is 2.38 bits per heavy atom. The highest BCUT2D eigenvalue weighted by Crippen LogP contribution is 2.25. The lowest BCUT2D eigenvalue weighted by Gasteiger charge is -2.13. The van der Waals surface area contributed by atoms with Crippen molar-refractivity contribution in [1.29, 1.82) is 0 Å². The Balaban J connectivity index is 1.92. The van der Waals surface area contributed by atoms with E-state index in [2.05, 4.69) is 26.6 Å². The predicted molar refractivity (Wildman–Crippen MR) is 68.8 cm³/mol. The molecule has 1 aliphatic heterocycles. The number of carbonyl (C=O) groups excluding carboxylic acids is 1. The highest BCUT2D eigenvalue weighted by molar-refractivity contribution is 9.10. The van der Waals surface area contributed by atoms with Crippen LogP contribution >= 0.6 is 27.5 Å². The number of hydrogen-bond acceptors (Lipinski definition) is 2. The highest BCUT2D eigenvalue weighted by Gasteiger charge is 2.20. The zero-order valence-corrected chi connectivity index (χ0v) is 10.9. The summed E-state index contributed by atoms with van der Waals surface area (Å²) in [4.78, 5) is 11.0. The van der Waals surface area contributed by atoms with Crippen LogP contribution in [0.5, 0.6) is 0 Å². The minimum absolute atomic E-state index is 0.133. The first-order valence-electron chi connectivity index (χ1n) is 5.13. The van der Waals surface area contributed by atoms with E-state index >= 15 is 0 Å². The van der Waals surface area contributed by atoms with Gasteiger partial charge in [-0.15, -0.1) is 0 Å². The molecule has 0 aromatic heterocycles. The fourth-order valence-electron chi connectivity index (χ4n) is 1.70. The minimum atomic E-state index is 0.133. The summed E-state index contributed by atoms with van der Waals surface area (Å²) in [5.74, 6) is 0.133. The molecule has 16 heavy (non-hydrogen) atoms. The number of halogens is 2. The average Bonchev–Trinajstić information content (AvgIpc) is 2.63. The molecule has 0 spiro atoms. The zero-order chi connectivity index (χ0) is 11.5. The summed E-state index contributed by atoms with van der Waals surface area (Å²) in [7, 11) is 0. The fourth-order valence-corrected chi connectivity index (χ4v) is 2.44. The van der Waals surface area contributed by atoms with Crippen molar-refractivity contribution in [3.63, 3.8) is 0 Å². The van der Waals surface area contributed by atoms with Crippen molar-refractivity contribution in [3.8, 4) is 0 Å². The molecular weight excluding hydrogens is 291 g/mol. The largest absolute Gasteiger partial charge is 0.382 e. The Kier molecular flexibility index (Phi) is 3.71. The molecule has 1 saturated heterocycles. The number of hydrogen-bond donors (Lipinski definition) is 2. The van der Waals surface area contributed by atoms with E-state index < -0.39 is 0 Å². The molecule has 0 aliphatic carbocycles. The molecule has 0 saturated carbocycles. The van der Waals surface area contributed by atoms with E-state index in [1.807, 2.05) is 18.2 Å². The van der Waals surface area contributed by atoms with Gasteiger partial charge in [-0.25, -0.2) is 0 Å². The Labute approximate surface area is 108 Å². The van der Waals surface area contributed by atoms with Gasteiger partial charge in [-0.05, 0) is 24.6 Å². The zero-order valence-electron chi connectivity index (χ0n) is 8.59. The van der Waals surface area contributed by atoms with Gasteiger partial charge in [0.2, 0.25) is 5.91 Å². The van der Waals surface area contributed by atoms with Crippen LogP contribution in [-0.4, -0.2) is 18.5 Å². The normalized spacial score (nSPS) is 19.6. The number of rotatable bonds is 3. The Morgan fingerprint density at radius 1 is 1.56 bits per heavy atom. The van der Waals surface area contributed by atoms with Crippen LogP contribution in [0.2, 0.25) is 5.02 Å². The van der Waals surface area contributed by atoms with Crippen molar-refractivity contribution in [2.45, 2.75) is 18.9 Å². The SMILES string of the molecule is O=C1CCC(CNc2ccc(Br)cc2Cl)N1. The van der Waals surface area contributed by atoms with Gasteiger partial charge in [0.15, 0.2) is 0 Å². The van der Waals surface area contributed by atoms with Crippen LogP contribution in [0.25, 0.3) is 0 Å². The first kappa shape index (κ1) is 11.7. The summed E-state index contributed by atoms with van der Waals surface area (Å²) in [6.07, 6.45) is 1.51. The molecular formula is C11H12BrClN2O. The molecule has 1 aromatic rings. The van der Waals surface area contributed by atoms with Crippen molar-refractivity contribution in [1.82, 2.24) is 5.32 Å². The van der Waals surface area contributed by atoms with E-state index in [1.54, 1.807) is 0 Å². The molecule has 1 aliphatic rings. The van der Waals surface area contributed by atoms with Crippen molar-refractivity contribution in [3.05, 3.63) is 27.7 Å². The summed E-state index contributed by atoms with van der Waals surface area (Å²) in [6, 6.07) is 5.91. The highest BCUT2D eigenvalue weighted by atomic mass is 79.9. The molecule has 1 heterocycles. The van der Waals surface area contributed by atoms with Crippen LogP contribution in [0.3, 0.4) is 0 Å². The predicted octanol–water partition coefficient (Wildman–Crippen LogP) is 2.79. The second-order valence-corrected chi connectivity index (χ2v) is 5.13. The third-order valence-corrected chi connectivity index (χ3v) is 3.36. The number of carbonyl (C=O) groups is 1. The van der Waals surface area contributed by atoms with E-state index in [1.165, 1.54) is 0 Å². The van der Waals surface area contributed by atoms with Gasteiger partial charge in [0.25, 0.3) is 0 Å². The third-order valence-electron chi connectivity index (χ3n) is 2.56. The van der Waals surface area contributed by atoms with E-state index in [0.29, 0.717) is 18.0 Å². The smallest absolute Gasteiger partial charge is 0.220 e. The average molecular weight is 304 g/mol. The molecule has 1 unspecified atom stereocenters. The molecule has 1 aromatic carbocycles. The fraction of sp³-hybridized carbons (Fsp3) is 0.364. The molecule has 1 atom stereocenters. The molecule has 1 fully saturated rings. The standard InChI is InChI=1S/C11H12BrClN2O/c12-7-1-3-10(9(13)5-7)14-6-8-2-4-11(16)15-8/h1,3,5,8,14H,2,4,6H2,(H,15,16). The first-order valence-corrected chi connectivity index (χ1v) is 6.30. The van der Waals surface area contributed by atoms with Gasteiger partial charge in [0, 0.05) is 23.5 Å². The lowest BCUT2D eigenvalue weighted by atomic mass is 10.2. The quantitative estimate of drug-likeness (QED) is 0.901. The molecule has 3 nitrogen and oxygen atoms in total. The van der Waals surface area contributed by atoms with Gasteiger partial charge in [-0.2, -0.15) is 0 Å². The van der Waals surface area contributed by atoms with Crippen LogP contribution in [0, 0.1) is 0 Å². The van der Waals surface area contributed by atoms with Gasteiger partial charge in [-0.3, -0.25) is 4.79 Å². The van der Waals surface area contributed by atoms with Crippen molar-refractivity contribution >= 4 is 39.1 Å². The van der Waals surface area contributed by atoms with Crippen LogP contribution in [-0.2, 0) is 4.79 Å². The topological polar surface area (TPSA) is 41.1 Å². The molecule has 86 valence electrons. The molecule has 0 radical (unpaired) electrons. The van der Waals surface area contributed by atoms with E-state index in [-0.39, 0.29) is 11.9 Å². The number of amides is 1. The summed E-state index contributed by atoms with van der Waals surface area (Å²) in [5.41, 5.74) is 0.894. The maximum absolute atomic E-state index is 11.0. The van der Waals surface area contributed by atoms with Gasteiger partial charge < -0.3 is 10.6 Å². The van der Waals surface area contributed by atoms with E-state index in [0.717, 1.165) is 16.6 Å². The van der Waals surface area contributed by atoms with Gasteiger partial charge in [0.05, 0.1) is 10.7 Å². The number of anilines is 1.